The minimum absolute atomic E-state index is 0.185. The van der Waals surface area contributed by atoms with Gasteiger partial charge in [-0.25, -0.2) is 4.79 Å². The molecule has 32 heavy (non-hydrogen) atoms. The zero-order chi connectivity index (χ0) is 23.3. The van der Waals surface area contributed by atoms with Crippen LogP contribution in [0.3, 0.4) is 0 Å². The number of anilines is 2. The van der Waals surface area contributed by atoms with Crippen LogP contribution in [0.4, 0.5) is 16.3 Å². The van der Waals surface area contributed by atoms with Crippen molar-refractivity contribution in [3.8, 4) is 5.88 Å². The number of carbonyl (C=O) groups is 1. The van der Waals surface area contributed by atoms with Gasteiger partial charge in [-0.3, -0.25) is 0 Å². The van der Waals surface area contributed by atoms with E-state index in [1.807, 2.05) is 20.8 Å². The highest BCUT2D eigenvalue weighted by atomic mass is 16.6. The number of amides is 1. The van der Waals surface area contributed by atoms with Crippen molar-refractivity contribution < 1.29 is 19.0 Å². The molecule has 2 heterocycles. The van der Waals surface area contributed by atoms with Crippen LogP contribution in [-0.2, 0) is 9.47 Å². The minimum Gasteiger partial charge on any atom is -0.479 e. The molecule has 180 valence electrons. The summed E-state index contributed by atoms with van der Waals surface area (Å²) in [7, 11) is 1.66. The van der Waals surface area contributed by atoms with Gasteiger partial charge in [0.2, 0.25) is 5.88 Å². The molecule has 1 aromatic rings. The number of ether oxygens (including phenoxy) is 3. The van der Waals surface area contributed by atoms with E-state index in [2.05, 4.69) is 41.5 Å². The number of nitrogens with zero attached hydrogens (tertiary/aromatic N) is 2. The number of aromatic nitrogens is 1. The Morgan fingerprint density at radius 1 is 1.16 bits per heavy atom. The lowest BCUT2D eigenvalue weighted by molar-refractivity contribution is -0.00548. The van der Waals surface area contributed by atoms with Crippen LogP contribution in [0.25, 0.3) is 0 Å². The maximum absolute atomic E-state index is 12.0. The van der Waals surface area contributed by atoms with Gasteiger partial charge in [-0.05, 0) is 78.4 Å². The highest BCUT2D eigenvalue weighted by Crippen LogP contribution is 2.30. The average Bonchev–Trinajstić information content (AvgIpc) is 2.71. The first-order chi connectivity index (χ1) is 15.1. The van der Waals surface area contributed by atoms with Crippen molar-refractivity contribution in [2.75, 3.05) is 37.0 Å². The minimum atomic E-state index is -0.466. The van der Waals surface area contributed by atoms with E-state index in [0.717, 1.165) is 56.8 Å². The standard InChI is InChI=1S/C24H40N4O4/c1-16-14-28(15-17(2)31-16)21-12-11-20(22(27-21)30-6)25-13-18-7-9-19(10-8-18)26-23(29)32-24(3,4)5/h11-12,16-19,25H,7-10,13-15H2,1-6H3,(H,26,29)/t16-,17+,18?,19?. The first-order valence-corrected chi connectivity index (χ1v) is 11.8. The van der Waals surface area contributed by atoms with Crippen LogP contribution >= 0.6 is 0 Å². The second-order valence-electron chi connectivity index (χ2n) is 10.1. The average molecular weight is 449 g/mol. The summed E-state index contributed by atoms with van der Waals surface area (Å²) in [6.07, 6.45) is 4.10. The van der Waals surface area contributed by atoms with E-state index in [9.17, 15) is 4.79 Å². The Kier molecular flexibility index (Phi) is 8.09. The molecular weight excluding hydrogens is 408 g/mol. The maximum Gasteiger partial charge on any atom is 0.407 e. The summed E-state index contributed by atoms with van der Waals surface area (Å²) < 4.78 is 16.8. The molecule has 0 radical (unpaired) electrons. The lowest BCUT2D eigenvalue weighted by Gasteiger charge is -2.36. The number of hydrogen-bond acceptors (Lipinski definition) is 7. The van der Waals surface area contributed by atoms with Gasteiger partial charge < -0.3 is 29.7 Å². The molecular formula is C24H40N4O4. The monoisotopic (exact) mass is 448 g/mol. The van der Waals surface area contributed by atoms with E-state index in [1.54, 1.807) is 7.11 Å². The molecule has 1 aromatic heterocycles. The van der Waals surface area contributed by atoms with Gasteiger partial charge in [0.1, 0.15) is 11.4 Å². The van der Waals surface area contributed by atoms with Gasteiger partial charge in [-0.2, -0.15) is 4.98 Å². The van der Waals surface area contributed by atoms with E-state index >= 15 is 0 Å². The summed E-state index contributed by atoms with van der Waals surface area (Å²) in [6.45, 7) is 12.3. The van der Waals surface area contributed by atoms with Crippen LogP contribution in [0, 0.1) is 5.92 Å². The SMILES string of the molecule is COc1nc(N2C[C@@H](C)O[C@@H](C)C2)ccc1NCC1CCC(NC(=O)OC(C)(C)C)CC1. The predicted molar refractivity (Wildman–Crippen MR) is 127 cm³/mol. The Hall–Kier alpha value is -2.22. The van der Waals surface area contributed by atoms with Crippen LogP contribution in [0.1, 0.15) is 60.3 Å². The second-order valence-corrected chi connectivity index (χ2v) is 10.1. The molecule has 0 unspecified atom stereocenters. The van der Waals surface area contributed by atoms with Crippen molar-refractivity contribution in [2.24, 2.45) is 5.92 Å². The van der Waals surface area contributed by atoms with Gasteiger partial charge in [0.05, 0.1) is 25.0 Å². The molecule has 1 amide bonds. The molecule has 8 nitrogen and oxygen atoms in total. The third kappa shape index (κ3) is 7.15. The molecule has 3 rings (SSSR count). The first-order valence-electron chi connectivity index (χ1n) is 11.8. The topological polar surface area (TPSA) is 85.0 Å². The maximum atomic E-state index is 12.0. The summed E-state index contributed by atoms with van der Waals surface area (Å²) in [4.78, 5) is 19.0. The number of rotatable bonds is 6. The third-order valence-electron chi connectivity index (χ3n) is 5.93. The van der Waals surface area contributed by atoms with Gasteiger partial charge in [-0.1, -0.05) is 0 Å². The zero-order valence-corrected chi connectivity index (χ0v) is 20.4. The van der Waals surface area contributed by atoms with Gasteiger partial charge in [-0.15, -0.1) is 0 Å². The Morgan fingerprint density at radius 2 is 1.81 bits per heavy atom. The van der Waals surface area contributed by atoms with Crippen LogP contribution < -0.4 is 20.3 Å². The fourth-order valence-electron chi connectivity index (χ4n) is 4.50. The molecule has 8 heteroatoms. The molecule has 2 aliphatic rings. The van der Waals surface area contributed by atoms with Crippen LogP contribution in [-0.4, -0.2) is 61.7 Å². The molecule has 1 aliphatic carbocycles. The lowest BCUT2D eigenvalue weighted by atomic mass is 9.86. The van der Waals surface area contributed by atoms with Crippen molar-refractivity contribution in [2.45, 2.75) is 84.2 Å². The fraction of sp³-hybridized carbons (Fsp3) is 0.750. The highest BCUT2D eigenvalue weighted by Gasteiger charge is 2.26. The smallest absolute Gasteiger partial charge is 0.407 e. The summed E-state index contributed by atoms with van der Waals surface area (Å²) in [5, 5.41) is 6.53. The van der Waals surface area contributed by atoms with Crippen LogP contribution in [0.5, 0.6) is 5.88 Å². The van der Waals surface area contributed by atoms with Crippen LogP contribution in [0.15, 0.2) is 12.1 Å². The van der Waals surface area contributed by atoms with E-state index < -0.39 is 5.60 Å². The van der Waals surface area contributed by atoms with Crippen molar-refractivity contribution in [3.05, 3.63) is 12.1 Å². The number of nitrogens with one attached hydrogen (secondary N) is 2. The third-order valence-corrected chi connectivity index (χ3v) is 5.93. The molecule has 1 aliphatic heterocycles. The lowest BCUT2D eigenvalue weighted by Crippen LogP contribution is -2.45. The Labute approximate surface area is 192 Å². The number of pyridine rings is 1. The number of alkyl carbamates (subject to hydrolysis) is 1. The molecule has 2 fully saturated rings. The molecule has 1 saturated heterocycles. The van der Waals surface area contributed by atoms with E-state index in [0.29, 0.717) is 11.8 Å². The molecule has 0 spiro atoms. The fourth-order valence-corrected chi connectivity index (χ4v) is 4.50. The van der Waals surface area contributed by atoms with Crippen molar-refractivity contribution in [1.29, 1.82) is 0 Å². The van der Waals surface area contributed by atoms with E-state index in [-0.39, 0.29) is 24.3 Å². The molecule has 0 bridgehead atoms. The Bertz CT molecular complexity index is 749. The second kappa shape index (κ2) is 10.6. The van der Waals surface area contributed by atoms with Crippen molar-refractivity contribution in [3.63, 3.8) is 0 Å². The van der Waals surface area contributed by atoms with Gasteiger partial charge >= 0.3 is 6.09 Å². The van der Waals surface area contributed by atoms with Gasteiger partial charge in [0.25, 0.3) is 0 Å². The predicted octanol–water partition coefficient (Wildman–Crippen LogP) is 4.20. The molecule has 2 N–H and O–H groups in total. The summed E-state index contributed by atoms with van der Waals surface area (Å²) >= 11 is 0. The number of carbonyl (C=O) groups excluding carboxylic acids is 1. The summed E-state index contributed by atoms with van der Waals surface area (Å²) in [5.74, 6) is 2.09. The van der Waals surface area contributed by atoms with E-state index in [1.165, 1.54) is 0 Å². The number of methoxy groups -OCH3 is 1. The first kappa shape index (κ1) is 24.4. The molecule has 1 saturated carbocycles. The Balaban J connectivity index is 1.48. The van der Waals surface area contributed by atoms with E-state index in [4.69, 9.17) is 19.2 Å². The highest BCUT2D eigenvalue weighted by molar-refractivity contribution is 5.68. The van der Waals surface area contributed by atoms with Crippen molar-refractivity contribution in [1.82, 2.24) is 10.3 Å². The quantitative estimate of drug-likeness (QED) is 0.675. The Morgan fingerprint density at radius 3 is 2.41 bits per heavy atom. The summed E-state index contributed by atoms with van der Waals surface area (Å²) in [5.41, 5.74) is 0.450. The number of morpholine rings is 1. The summed E-state index contributed by atoms with van der Waals surface area (Å²) in [6, 6.07) is 4.30. The van der Waals surface area contributed by atoms with Crippen LogP contribution in [0.2, 0.25) is 0 Å². The largest absolute Gasteiger partial charge is 0.479 e. The van der Waals surface area contributed by atoms with Crippen molar-refractivity contribution >= 4 is 17.6 Å². The normalized spacial score (nSPS) is 26.4. The molecule has 2 atom stereocenters. The number of hydrogen-bond donors (Lipinski definition) is 2. The van der Waals surface area contributed by atoms with Gasteiger partial charge in [0, 0.05) is 25.7 Å². The van der Waals surface area contributed by atoms with Gasteiger partial charge in [0.15, 0.2) is 0 Å². The molecule has 0 aromatic carbocycles. The zero-order valence-electron chi connectivity index (χ0n) is 20.4.